The molecule has 0 aliphatic rings. The van der Waals surface area contributed by atoms with Crippen LogP contribution in [0.4, 0.5) is 0 Å². The van der Waals surface area contributed by atoms with E-state index in [1.807, 2.05) is 73.7 Å². The van der Waals surface area contributed by atoms with Crippen LogP contribution in [-0.4, -0.2) is 15.4 Å². The standard InChI is InChI=1S/C24H20N2O3S/c1-17-12-13-21-25-19(14-22(27)26(21)15-17)16-29-24(28)23(18-8-4-2-5-9-18)30-20-10-6-3-7-11-20/h2-15,23H,16H2,1H3/t23-/m0/s1. The molecule has 0 unspecified atom stereocenters. The maximum absolute atomic E-state index is 13.0. The minimum atomic E-state index is -0.516. The first-order valence-corrected chi connectivity index (χ1v) is 10.4. The predicted octanol–water partition coefficient (Wildman–Crippen LogP) is 4.58. The molecule has 0 fully saturated rings. The first-order valence-electron chi connectivity index (χ1n) is 9.52. The Morgan fingerprint density at radius 1 is 1.03 bits per heavy atom. The topological polar surface area (TPSA) is 60.7 Å². The normalized spacial score (nSPS) is 11.9. The van der Waals surface area contributed by atoms with Crippen molar-refractivity contribution in [1.29, 1.82) is 0 Å². The quantitative estimate of drug-likeness (QED) is 0.340. The van der Waals surface area contributed by atoms with Gasteiger partial charge in [0.25, 0.3) is 5.56 Å². The first-order chi connectivity index (χ1) is 14.6. The van der Waals surface area contributed by atoms with Gasteiger partial charge in [0.1, 0.15) is 17.5 Å². The van der Waals surface area contributed by atoms with E-state index >= 15 is 0 Å². The van der Waals surface area contributed by atoms with Crippen LogP contribution in [0.3, 0.4) is 0 Å². The molecule has 0 bridgehead atoms. The SMILES string of the molecule is Cc1ccc2nc(COC(=O)[C@@H](Sc3ccccc3)c3ccccc3)cc(=O)n2c1. The van der Waals surface area contributed by atoms with E-state index in [0.717, 1.165) is 16.0 Å². The van der Waals surface area contributed by atoms with Crippen LogP contribution in [0.15, 0.2) is 94.7 Å². The third-order valence-corrected chi connectivity index (χ3v) is 5.78. The fourth-order valence-electron chi connectivity index (χ4n) is 3.07. The summed E-state index contributed by atoms with van der Waals surface area (Å²) >= 11 is 1.43. The van der Waals surface area contributed by atoms with E-state index in [4.69, 9.17) is 4.74 Å². The largest absolute Gasteiger partial charge is 0.458 e. The van der Waals surface area contributed by atoms with Crippen molar-refractivity contribution in [3.05, 3.63) is 112 Å². The molecule has 150 valence electrons. The summed E-state index contributed by atoms with van der Waals surface area (Å²) in [5.41, 5.74) is 2.58. The van der Waals surface area contributed by atoms with Gasteiger partial charge in [0, 0.05) is 17.2 Å². The summed E-state index contributed by atoms with van der Waals surface area (Å²) in [5.74, 6) is -0.374. The second-order valence-corrected chi connectivity index (χ2v) is 8.03. The molecular formula is C24H20N2O3S. The van der Waals surface area contributed by atoms with Crippen LogP contribution in [0.25, 0.3) is 5.65 Å². The summed E-state index contributed by atoms with van der Waals surface area (Å²) < 4.78 is 7.06. The predicted molar refractivity (Wildman–Crippen MR) is 117 cm³/mol. The lowest BCUT2D eigenvalue weighted by molar-refractivity contribution is -0.144. The van der Waals surface area contributed by atoms with Crippen LogP contribution in [0.5, 0.6) is 0 Å². The summed E-state index contributed by atoms with van der Waals surface area (Å²) in [6.07, 6.45) is 1.74. The number of fused-ring (bicyclic) bond motifs is 1. The van der Waals surface area contributed by atoms with E-state index < -0.39 is 5.25 Å². The Labute approximate surface area is 178 Å². The van der Waals surface area contributed by atoms with Gasteiger partial charge in [-0.3, -0.25) is 14.0 Å². The Morgan fingerprint density at radius 2 is 1.73 bits per heavy atom. The highest BCUT2D eigenvalue weighted by Crippen LogP contribution is 2.36. The minimum Gasteiger partial charge on any atom is -0.458 e. The Morgan fingerprint density at radius 3 is 2.47 bits per heavy atom. The molecule has 4 rings (SSSR count). The summed E-state index contributed by atoms with van der Waals surface area (Å²) in [6, 6.07) is 24.3. The van der Waals surface area contributed by atoms with Crippen LogP contribution in [0, 0.1) is 6.92 Å². The molecule has 1 atom stereocenters. The monoisotopic (exact) mass is 416 g/mol. The van der Waals surface area contributed by atoms with Crippen LogP contribution < -0.4 is 5.56 Å². The van der Waals surface area contributed by atoms with Gasteiger partial charge in [0.15, 0.2) is 0 Å². The van der Waals surface area contributed by atoms with Crippen molar-refractivity contribution < 1.29 is 9.53 Å². The molecule has 0 saturated heterocycles. The highest BCUT2D eigenvalue weighted by molar-refractivity contribution is 8.00. The average Bonchev–Trinajstić information content (AvgIpc) is 2.77. The Kier molecular flexibility index (Phi) is 5.95. The van der Waals surface area contributed by atoms with Gasteiger partial charge in [-0.15, -0.1) is 11.8 Å². The molecule has 0 saturated carbocycles. The average molecular weight is 417 g/mol. The van der Waals surface area contributed by atoms with E-state index in [-0.39, 0.29) is 18.1 Å². The van der Waals surface area contributed by atoms with Crippen LogP contribution in [0.1, 0.15) is 22.1 Å². The fourth-order valence-corrected chi connectivity index (χ4v) is 4.11. The Bertz CT molecular complexity index is 1220. The smallest absolute Gasteiger partial charge is 0.324 e. The van der Waals surface area contributed by atoms with Gasteiger partial charge in [-0.25, -0.2) is 4.98 Å². The number of esters is 1. The molecule has 6 heteroatoms. The minimum absolute atomic E-state index is 0.0584. The molecule has 0 amide bonds. The van der Waals surface area contributed by atoms with Crippen molar-refractivity contribution in [3.63, 3.8) is 0 Å². The fraction of sp³-hybridized carbons (Fsp3) is 0.125. The summed E-state index contributed by atoms with van der Waals surface area (Å²) in [4.78, 5) is 30.7. The van der Waals surface area contributed by atoms with E-state index in [2.05, 4.69) is 4.98 Å². The third-order valence-electron chi connectivity index (χ3n) is 4.54. The maximum Gasteiger partial charge on any atom is 0.324 e. The van der Waals surface area contributed by atoms with Gasteiger partial charge in [0.05, 0.1) is 5.69 Å². The zero-order valence-electron chi connectivity index (χ0n) is 16.4. The lowest BCUT2D eigenvalue weighted by atomic mass is 10.1. The number of thioether (sulfide) groups is 1. The molecule has 2 aromatic carbocycles. The van der Waals surface area contributed by atoms with E-state index in [9.17, 15) is 9.59 Å². The highest BCUT2D eigenvalue weighted by Gasteiger charge is 2.24. The van der Waals surface area contributed by atoms with Crippen molar-refractivity contribution in [3.8, 4) is 0 Å². The van der Waals surface area contributed by atoms with Crippen LogP contribution >= 0.6 is 11.8 Å². The highest BCUT2D eigenvalue weighted by atomic mass is 32.2. The molecule has 0 spiro atoms. The van der Waals surface area contributed by atoms with E-state index in [1.165, 1.54) is 22.2 Å². The van der Waals surface area contributed by atoms with Crippen molar-refractivity contribution in [2.75, 3.05) is 0 Å². The number of hydrogen-bond acceptors (Lipinski definition) is 5. The van der Waals surface area contributed by atoms with E-state index in [1.54, 1.807) is 12.3 Å². The summed E-state index contributed by atoms with van der Waals surface area (Å²) in [5, 5.41) is -0.516. The number of rotatable bonds is 6. The molecule has 2 aromatic heterocycles. The van der Waals surface area contributed by atoms with Crippen molar-refractivity contribution >= 4 is 23.4 Å². The molecule has 2 heterocycles. The second-order valence-electron chi connectivity index (χ2n) is 6.85. The van der Waals surface area contributed by atoms with Crippen molar-refractivity contribution in [2.45, 2.75) is 23.7 Å². The lowest BCUT2D eigenvalue weighted by Gasteiger charge is -2.16. The Hall–Kier alpha value is -3.38. The number of carbonyl (C=O) groups excluding carboxylic acids is 1. The maximum atomic E-state index is 13.0. The number of benzene rings is 2. The van der Waals surface area contributed by atoms with Gasteiger partial charge in [-0.1, -0.05) is 54.6 Å². The third kappa shape index (κ3) is 4.60. The van der Waals surface area contributed by atoms with Gasteiger partial charge < -0.3 is 4.74 Å². The number of nitrogens with zero attached hydrogens (tertiary/aromatic N) is 2. The molecular weight excluding hydrogens is 396 g/mol. The number of aromatic nitrogens is 2. The van der Waals surface area contributed by atoms with Crippen molar-refractivity contribution in [1.82, 2.24) is 9.38 Å². The molecule has 0 aliphatic carbocycles. The number of aryl methyl sites for hydroxylation is 1. The van der Waals surface area contributed by atoms with Gasteiger partial charge >= 0.3 is 5.97 Å². The number of hydrogen-bond donors (Lipinski definition) is 0. The van der Waals surface area contributed by atoms with Gasteiger partial charge in [0.2, 0.25) is 0 Å². The molecule has 4 aromatic rings. The van der Waals surface area contributed by atoms with Crippen molar-refractivity contribution in [2.24, 2.45) is 0 Å². The second kappa shape index (κ2) is 8.97. The zero-order valence-corrected chi connectivity index (χ0v) is 17.2. The molecule has 0 aliphatic heterocycles. The lowest BCUT2D eigenvalue weighted by Crippen LogP contribution is -2.18. The molecule has 30 heavy (non-hydrogen) atoms. The summed E-state index contributed by atoms with van der Waals surface area (Å²) in [7, 11) is 0. The van der Waals surface area contributed by atoms with Crippen LogP contribution in [-0.2, 0) is 16.1 Å². The van der Waals surface area contributed by atoms with E-state index in [0.29, 0.717) is 11.3 Å². The summed E-state index contributed by atoms with van der Waals surface area (Å²) in [6.45, 7) is 1.85. The number of carbonyl (C=O) groups is 1. The molecule has 5 nitrogen and oxygen atoms in total. The van der Waals surface area contributed by atoms with Crippen LogP contribution in [0.2, 0.25) is 0 Å². The van der Waals surface area contributed by atoms with Gasteiger partial charge in [-0.05, 0) is 36.2 Å². The van der Waals surface area contributed by atoms with Gasteiger partial charge in [-0.2, -0.15) is 0 Å². The zero-order chi connectivity index (χ0) is 20.9. The number of pyridine rings is 1. The molecule has 0 radical (unpaired) electrons. The Balaban J connectivity index is 1.55. The first kappa shape index (κ1) is 19.9. The molecule has 0 N–H and O–H groups in total. The number of ether oxygens (including phenoxy) is 1.